The van der Waals surface area contributed by atoms with E-state index in [2.05, 4.69) is 4.98 Å². The Morgan fingerprint density at radius 3 is 2.10 bits per heavy atom. The highest BCUT2D eigenvalue weighted by atomic mass is 16.6. The van der Waals surface area contributed by atoms with Crippen LogP contribution in [-0.2, 0) is 26.1 Å². The molecule has 0 radical (unpaired) electrons. The van der Waals surface area contributed by atoms with Gasteiger partial charge in [0.15, 0.2) is 5.41 Å². The van der Waals surface area contributed by atoms with Gasteiger partial charge in [0, 0.05) is 25.4 Å². The zero-order valence-electron chi connectivity index (χ0n) is 13.4. The minimum absolute atomic E-state index is 0.213. The minimum atomic E-state index is -1.40. The van der Waals surface area contributed by atoms with Crippen LogP contribution in [0, 0.1) is 5.41 Å². The molecule has 1 unspecified atom stereocenters. The van der Waals surface area contributed by atoms with Crippen molar-refractivity contribution in [2.45, 2.75) is 40.0 Å². The van der Waals surface area contributed by atoms with Crippen LogP contribution < -0.4 is 0 Å². The minimum Gasteiger partial charge on any atom is -0.465 e. The number of carbonyl (C=O) groups excluding carboxylic acids is 2. The van der Waals surface area contributed by atoms with Gasteiger partial charge in [0.1, 0.15) is 5.82 Å². The maximum Gasteiger partial charge on any atom is 0.323 e. The number of carbonyl (C=O) groups is 2. The second-order valence-electron chi connectivity index (χ2n) is 5.00. The molecule has 0 fully saturated rings. The van der Waals surface area contributed by atoms with E-state index in [1.165, 1.54) is 0 Å². The van der Waals surface area contributed by atoms with Gasteiger partial charge in [0.2, 0.25) is 0 Å². The first-order valence-electron chi connectivity index (χ1n) is 7.24. The van der Waals surface area contributed by atoms with Crippen LogP contribution in [0.25, 0.3) is 0 Å². The summed E-state index contributed by atoms with van der Waals surface area (Å²) >= 11 is 0. The van der Waals surface area contributed by atoms with Gasteiger partial charge in [-0.3, -0.25) is 9.59 Å². The van der Waals surface area contributed by atoms with Crippen LogP contribution in [-0.4, -0.2) is 34.7 Å². The number of esters is 2. The van der Waals surface area contributed by atoms with Crippen molar-refractivity contribution >= 4 is 11.9 Å². The number of aromatic nitrogens is 2. The van der Waals surface area contributed by atoms with Gasteiger partial charge in [-0.1, -0.05) is 6.92 Å². The molecule has 1 rings (SSSR count). The predicted octanol–water partition coefficient (Wildman–Crippen LogP) is 2.05. The third kappa shape index (κ3) is 3.25. The molecule has 0 saturated heterocycles. The molecule has 21 heavy (non-hydrogen) atoms. The first-order chi connectivity index (χ1) is 9.93. The summed E-state index contributed by atoms with van der Waals surface area (Å²) in [6.07, 6.45) is 4.00. The molecule has 0 aromatic carbocycles. The number of hydrogen-bond donors (Lipinski definition) is 0. The van der Waals surface area contributed by atoms with Crippen LogP contribution in [0.2, 0.25) is 0 Å². The summed E-state index contributed by atoms with van der Waals surface area (Å²) in [6.45, 7) is 7.34. The van der Waals surface area contributed by atoms with Crippen molar-refractivity contribution in [3.63, 3.8) is 0 Å². The number of rotatable bonds is 7. The van der Waals surface area contributed by atoms with Crippen molar-refractivity contribution in [2.75, 3.05) is 13.2 Å². The molecule has 118 valence electrons. The smallest absolute Gasteiger partial charge is 0.323 e. The second-order valence-corrected chi connectivity index (χ2v) is 5.00. The average molecular weight is 296 g/mol. The molecule has 0 spiro atoms. The Kier molecular flexibility index (Phi) is 5.93. The molecular formula is C15H24N2O4. The molecule has 0 aliphatic rings. The topological polar surface area (TPSA) is 70.4 Å². The van der Waals surface area contributed by atoms with Crippen LogP contribution in [0.1, 0.15) is 45.9 Å². The van der Waals surface area contributed by atoms with Crippen molar-refractivity contribution in [2.24, 2.45) is 12.5 Å². The fourth-order valence-corrected chi connectivity index (χ4v) is 2.49. The summed E-state index contributed by atoms with van der Waals surface area (Å²) in [5, 5.41) is 0. The van der Waals surface area contributed by atoms with E-state index in [-0.39, 0.29) is 13.2 Å². The van der Waals surface area contributed by atoms with Crippen LogP contribution in [0.5, 0.6) is 0 Å². The fraction of sp³-hybridized carbons (Fsp3) is 0.667. The van der Waals surface area contributed by atoms with E-state index < -0.39 is 23.3 Å². The van der Waals surface area contributed by atoms with Crippen LogP contribution in [0.15, 0.2) is 12.4 Å². The molecule has 0 N–H and O–H groups in total. The Balaban J connectivity index is 3.30. The van der Waals surface area contributed by atoms with Crippen molar-refractivity contribution in [3.05, 3.63) is 18.2 Å². The van der Waals surface area contributed by atoms with E-state index in [1.54, 1.807) is 33.2 Å². The van der Waals surface area contributed by atoms with Crippen LogP contribution >= 0.6 is 0 Å². The first kappa shape index (κ1) is 17.2. The molecule has 6 heteroatoms. The quantitative estimate of drug-likeness (QED) is 0.569. The van der Waals surface area contributed by atoms with Gasteiger partial charge in [-0.15, -0.1) is 0 Å². The molecule has 0 aliphatic carbocycles. The summed E-state index contributed by atoms with van der Waals surface area (Å²) in [4.78, 5) is 29.1. The summed E-state index contributed by atoms with van der Waals surface area (Å²) in [5.74, 6) is -0.881. The van der Waals surface area contributed by atoms with Crippen LogP contribution in [0.3, 0.4) is 0 Å². The largest absolute Gasteiger partial charge is 0.465 e. The molecule has 6 nitrogen and oxygen atoms in total. The monoisotopic (exact) mass is 296 g/mol. The van der Waals surface area contributed by atoms with E-state index in [4.69, 9.17) is 9.47 Å². The highest BCUT2D eigenvalue weighted by Gasteiger charge is 2.52. The average Bonchev–Trinajstić information content (AvgIpc) is 2.86. The molecule has 1 aromatic heterocycles. The number of ether oxygens (including phenoxy) is 2. The van der Waals surface area contributed by atoms with Crippen molar-refractivity contribution in [1.29, 1.82) is 0 Å². The molecule has 0 aliphatic heterocycles. The Bertz CT molecular complexity index is 478. The normalized spacial score (nSPS) is 12.8. The molecule has 1 atom stereocenters. The number of hydrogen-bond acceptors (Lipinski definition) is 5. The summed E-state index contributed by atoms with van der Waals surface area (Å²) in [7, 11) is 1.84. The highest BCUT2D eigenvalue weighted by Crippen LogP contribution is 2.40. The van der Waals surface area contributed by atoms with Crippen molar-refractivity contribution < 1.29 is 19.1 Å². The van der Waals surface area contributed by atoms with Crippen LogP contribution in [0.4, 0.5) is 0 Å². The van der Waals surface area contributed by atoms with Crippen molar-refractivity contribution in [3.8, 4) is 0 Å². The van der Waals surface area contributed by atoms with E-state index >= 15 is 0 Å². The van der Waals surface area contributed by atoms with Gasteiger partial charge in [0.05, 0.1) is 13.2 Å². The van der Waals surface area contributed by atoms with E-state index in [0.29, 0.717) is 12.2 Å². The zero-order chi connectivity index (χ0) is 16.0. The highest BCUT2D eigenvalue weighted by molar-refractivity contribution is 6.00. The molecule has 0 saturated carbocycles. The first-order valence-corrected chi connectivity index (χ1v) is 7.24. The van der Waals surface area contributed by atoms with Gasteiger partial charge in [-0.05, 0) is 27.2 Å². The number of imidazole rings is 1. The maximum absolute atomic E-state index is 12.4. The van der Waals surface area contributed by atoms with Gasteiger partial charge in [-0.25, -0.2) is 4.98 Å². The Labute approximate surface area is 125 Å². The van der Waals surface area contributed by atoms with Gasteiger partial charge < -0.3 is 14.0 Å². The Morgan fingerprint density at radius 2 is 1.76 bits per heavy atom. The lowest BCUT2D eigenvalue weighted by Crippen LogP contribution is -2.45. The maximum atomic E-state index is 12.4. The zero-order valence-corrected chi connectivity index (χ0v) is 13.4. The third-order valence-electron chi connectivity index (χ3n) is 3.67. The summed E-state index contributed by atoms with van der Waals surface area (Å²) < 4.78 is 12.0. The third-order valence-corrected chi connectivity index (χ3v) is 3.67. The molecular weight excluding hydrogens is 272 g/mol. The number of nitrogens with zero attached hydrogens (tertiary/aromatic N) is 2. The molecule has 1 heterocycles. The van der Waals surface area contributed by atoms with Gasteiger partial charge >= 0.3 is 11.9 Å². The second kappa shape index (κ2) is 7.24. The molecule has 1 aromatic rings. The molecule has 0 bridgehead atoms. The summed E-state index contributed by atoms with van der Waals surface area (Å²) in [5.41, 5.74) is -1.40. The van der Waals surface area contributed by atoms with Gasteiger partial charge in [0.25, 0.3) is 0 Å². The van der Waals surface area contributed by atoms with E-state index in [1.807, 2.05) is 18.5 Å². The Morgan fingerprint density at radius 1 is 1.24 bits per heavy atom. The SMILES string of the molecule is CCOC(=O)C(C)(C(=O)OCC)C(CC)c1nccn1C. The Hall–Kier alpha value is -1.85. The predicted molar refractivity (Wildman–Crippen MR) is 77.6 cm³/mol. The number of aryl methyl sites for hydroxylation is 1. The van der Waals surface area contributed by atoms with E-state index in [9.17, 15) is 9.59 Å². The lowest BCUT2D eigenvalue weighted by molar-refractivity contribution is -0.173. The van der Waals surface area contributed by atoms with Gasteiger partial charge in [-0.2, -0.15) is 0 Å². The van der Waals surface area contributed by atoms with E-state index in [0.717, 1.165) is 0 Å². The summed E-state index contributed by atoms with van der Waals surface area (Å²) in [6, 6.07) is 0. The lowest BCUT2D eigenvalue weighted by atomic mass is 9.74. The molecule has 0 amide bonds. The standard InChI is InChI=1S/C15H24N2O4/c1-6-11(12-16-9-10-17(12)5)15(4,13(18)20-7-2)14(19)21-8-3/h9-11H,6-8H2,1-5H3. The van der Waals surface area contributed by atoms with Crippen molar-refractivity contribution in [1.82, 2.24) is 9.55 Å². The lowest BCUT2D eigenvalue weighted by Gasteiger charge is -2.32. The fourth-order valence-electron chi connectivity index (χ4n) is 2.49.